The third-order valence-corrected chi connectivity index (χ3v) is 4.37. The molecule has 1 N–H and O–H groups in total. The molecule has 0 aliphatic carbocycles. The molecule has 2 aromatic rings. The second kappa shape index (κ2) is 8.02. The van der Waals surface area contributed by atoms with Crippen LogP contribution in [0.1, 0.15) is 11.3 Å². The van der Waals surface area contributed by atoms with Crippen LogP contribution >= 0.6 is 0 Å². The largest absolute Gasteiger partial charge is 0.497 e. The quantitative estimate of drug-likeness (QED) is 0.902. The molecule has 25 heavy (non-hydrogen) atoms. The van der Waals surface area contributed by atoms with Crippen LogP contribution in [0.5, 0.6) is 5.75 Å². The molecule has 7 heteroatoms. The number of urea groups is 1. The van der Waals surface area contributed by atoms with Gasteiger partial charge in [0.05, 0.1) is 7.11 Å². The molecule has 0 radical (unpaired) electrons. The molecule has 1 saturated heterocycles. The molecule has 0 spiro atoms. The van der Waals surface area contributed by atoms with E-state index in [0.717, 1.165) is 31.8 Å². The summed E-state index contributed by atoms with van der Waals surface area (Å²) in [6, 6.07) is 9.75. The van der Waals surface area contributed by atoms with Crippen molar-refractivity contribution < 1.29 is 14.1 Å². The van der Waals surface area contributed by atoms with E-state index in [2.05, 4.69) is 27.5 Å². The number of piperazine rings is 1. The maximum atomic E-state index is 12.2. The monoisotopic (exact) mass is 344 g/mol. The highest BCUT2D eigenvalue weighted by atomic mass is 16.5. The van der Waals surface area contributed by atoms with Gasteiger partial charge in [0.15, 0.2) is 5.82 Å². The highest BCUT2D eigenvalue weighted by Gasteiger charge is 2.21. The van der Waals surface area contributed by atoms with Gasteiger partial charge in [0.1, 0.15) is 11.5 Å². The maximum Gasteiger partial charge on any atom is 0.323 e. The van der Waals surface area contributed by atoms with Crippen molar-refractivity contribution in [3.8, 4) is 5.75 Å². The topological polar surface area (TPSA) is 70.8 Å². The third kappa shape index (κ3) is 4.73. The van der Waals surface area contributed by atoms with Gasteiger partial charge in [-0.3, -0.25) is 10.2 Å². The van der Waals surface area contributed by atoms with E-state index in [1.807, 2.05) is 17.0 Å². The summed E-state index contributed by atoms with van der Waals surface area (Å²) in [6.45, 7) is 5.93. The van der Waals surface area contributed by atoms with Crippen LogP contribution in [0.2, 0.25) is 0 Å². The summed E-state index contributed by atoms with van der Waals surface area (Å²) in [5, 5.41) is 6.56. The number of methoxy groups -OCH3 is 1. The Kier molecular flexibility index (Phi) is 5.55. The van der Waals surface area contributed by atoms with E-state index in [4.69, 9.17) is 9.26 Å². The number of nitrogens with one attached hydrogen (secondary N) is 1. The van der Waals surface area contributed by atoms with Gasteiger partial charge in [-0.2, -0.15) is 0 Å². The van der Waals surface area contributed by atoms with Crippen molar-refractivity contribution in [3.63, 3.8) is 0 Å². The second-order valence-corrected chi connectivity index (χ2v) is 6.18. The third-order valence-electron chi connectivity index (χ3n) is 4.37. The molecule has 2 amide bonds. The van der Waals surface area contributed by atoms with Crippen LogP contribution in [0, 0.1) is 6.92 Å². The van der Waals surface area contributed by atoms with Gasteiger partial charge in [-0.15, -0.1) is 0 Å². The van der Waals surface area contributed by atoms with Crippen molar-refractivity contribution in [1.82, 2.24) is 15.0 Å². The Balaban J connectivity index is 1.42. The van der Waals surface area contributed by atoms with Crippen molar-refractivity contribution in [2.24, 2.45) is 0 Å². The lowest BCUT2D eigenvalue weighted by molar-refractivity contribution is 0.148. The number of aryl methyl sites for hydroxylation is 1. The summed E-state index contributed by atoms with van der Waals surface area (Å²) in [4.78, 5) is 16.4. The predicted octanol–water partition coefficient (Wildman–Crippen LogP) is 2.38. The number of carbonyl (C=O) groups excluding carboxylic acids is 1. The van der Waals surface area contributed by atoms with Crippen molar-refractivity contribution in [1.29, 1.82) is 0 Å². The van der Waals surface area contributed by atoms with E-state index < -0.39 is 0 Å². The molecule has 1 aromatic carbocycles. The highest BCUT2D eigenvalue weighted by Crippen LogP contribution is 2.14. The van der Waals surface area contributed by atoms with Crippen LogP contribution in [0.4, 0.5) is 10.6 Å². The van der Waals surface area contributed by atoms with E-state index in [-0.39, 0.29) is 6.03 Å². The molecule has 0 atom stereocenters. The first-order chi connectivity index (χ1) is 12.1. The Labute approximate surface area is 147 Å². The number of aromatic nitrogens is 1. The number of rotatable bonds is 5. The van der Waals surface area contributed by atoms with Crippen molar-refractivity contribution in [3.05, 3.63) is 41.7 Å². The molecule has 134 valence electrons. The molecular weight excluding hydrogens is 320 g/mol. The number of nitrogens with zero attached hydrogens (tertiary/aromatic N) is 3. The van der Waals surface area contributed by atoms with Gasteiger partial charge < -0.3 is 14.2 Å². The van der Waals surface area contributed by atoms with Crippen LogP contribution < -0.4 is 10.1 Å². The van der Waals surface area contributed by atoms with Gasteiger partial charge >= 0.3 is 6.03 Å². The number of ether oxygens (including phenoxy) is 1. The first-order valence-electron chi connectivity index (χ1n) is 8.48. The summed E-state index contributed by atoms with van der Waals surface area (Å²) in [6.07, 6.45) is 0.974. The van der Waals surface area contributed by atoms with E-state index in [9.17, 15) is 4.79 Å². The molecule has 3 rings (SSSR count). The molecule has 2 heterocycles. The first-order valence-corrected chi connectivity index (χ1v) is 8.48. The second-order valence-electron chi connectivity index (χ2n) is 6.18. The van der Waals surface area contributed by atoms with Crippen LogP contribution in [-0.2, 0) is 6.42 Å². The maximum absolute atomic E-state index is 12.2. The normalized spacial score (nSPS) is 15.2. The fourth-order valence-corrected chi connectivity index (χ4v) is 2.90. The predicted molar refractivity (Wildman–Crippen MR) is 95.0 cm³/mol. The van der Waals surface area contributed by atoms with E-state index in [0.29, 0.717) is 24.7 Å². The Morgan fingerprint density at radius 2 is 2.08 bits per heavy atom. The first kappa shape index (κ1) is 17.3. The minimum Gasteiger partial charge on any atom is -0.497 e. The standard InChI is InChI=1S/C18H24N4O3/c1-14-12-17(20-25-14)19-18(23)22-10-8-21(9-11-22)7-6-15-4-3-5-16(13-15)24-2/h3-5,12-13H,6-11H2,1-2H3,(H,19,20,23). The Morgan fingerprint density at radius 1 is 1.28 bits per heavy atom. The zero-order valence-electron chi connectivity index (χ0n) is 14.7. The lowest BCUT2D eigenvalue weighted by Gasteiger charge is -2.34. The van der Waals surface area contributed by atoms with E-state index >= 15 is 0 Å². The molecular formula is C18H24N4O3. The highest BCUT2D eigenvalue weighted by molar-refractivity contribution is 5.88. The lowest BCUT2D eigenvalue weighted by Crippen LogP contribution is -2.50. The van der Waals surface area contributed by atoms with Crippen LogP contribution in [0.15, 0.2) is 34.9 Å². The van der Waals surface area contributed by atoms with Crippen molar-refractivity contribution in [2.45, 2.75) is 13.3 Å². The number of amides is 2. The van der Waals surface area contributed by atoms with Gasteiger partial charge in [-0.05, 0) is 31.0 Å². The molecule has 1 aromatic heterocycles. The fourth-order valence-electron chi connectivity index (χ4n) is 2.90. The molecule has 1 fully saturated rings. The SMILES string of the molecule is COc1cccc(CCN2CCN(C(=O)Nc3cc(C)on3)CC2)c1. The Morgan fingerprint density at radius 3 is 2.76 bits per heavy atom. The van der Waals surface area contributed by atoms with Gasteiger partial charge in [-0.1, -0.05) is 17.3 Å². The lowest BCUT2D eigenvalue weighted by atomic mass is 10.1. The summed E-state index contributed by atoms with van der Waals surface area (Å²) in [7, 11) is 1.68. The Hall–Kier alpha value is -2.54. The summed E-state index contributed by atoms with van der Waals surface area (Å²) in [5.74, 6) is 2.03. The number of hydrogen-bond acceptors (Lipinski definition) is 5. The molecule has 1 aliphatic heterocycles. The zero-order valence-corrected chi connectivity index (χ0v) is 14.7. The van der Waals surface area contributed by atoms with Crippen LogP contribution in [0.3, 0.4) is 0 Å². The number of carbonyl (C=O) groups is 1. The van der Waals surface area contributed by atoms with Crippen LogP contribution in [-0.4, -0.2) is 60.8 Å². The van der Waals surface area contributed by atoms with Gasteiger partial charge in [0.25, 0.3) is 0 Å². The smallest absolute Gasteiger partial charge is 0.323 e. The van der Waals surface area contributed by atoms with E-state index in [1.165, 1.54) is 5.56 Å². The number of anilines is 1. The number of benzene rings is 1. The van der Waals surface area contributed by atoms with Gasteiger partial charge in [0.2, 0.25) is 0 Å². The van der Waals surface area contributed by atoms with Crippen LogP contribution in [0.25, 0.3) is 0 Å². The summed E-state index contributed by atoms with van der Waals surface area (Å²) < 4.78 is 10.2. The fraction of sp³-hybridized carbons (Fsp3) is 0.444. The minimum absolute atomic E-state index is 0.124. The molecule has 1 aliphatic rings. The average molecular weight is 344 g/mol. The molecule has 7 nitrogen and oxygen atoms in total. The van der Waals surface area contributed by atoms with Gasteiger partial charge in [-0.25, -0.2) is 4.79 Å². The Bertz CT molecular complexity index is 708. The minimum atomic E-state index is -0.124. The zero-order chi connectivity index (χ0) is 17.6. The van der Waals surface area contributed by atoms with Crippen molar-refractivity contribution >= 4 is 11.8 Å². The van der Waals surface area contributed by atoms with Gasteiger partial charge in [0, 0.05) is 38.8 Å². The number of hydrogen-bond donors (Lipinski definition) is 1. The summed E-state index contributed by atoms with van der Waals surface area (Å²) >= 11 is 0. The molecule has 0 bridgehead atoms. The van der Waals surface area contributed by atoms with E-state index in [1.54, 1.807) is 20.1 Å². The average Bonchev–Trinajstić information content (AvgIpc) is 3.05. The molecule has 0 unspecified atom stereocenters. The summed E-state index contributed by atoms with van der Waals surface area (Å²) in [5.41, 5.74) is 1.26. The van der Waals surface area contributed by atoms with Crippen molar-refractivity contribution in [2.75, 3.05) is 45.2 Å². The molecule has 0 saturated carbocycles.